The van der Waals surface area contributed by atoms with Gasteiger partial charge in [0.05, 0.1) is 0 Å². The first-order valence-electron chi connectivity index (χ1n) is 6.37. The Morgan fingerprint density at radius 3 is 1.68 bits per heavy atom. The van der Waals surface area contributed by atoms with Gasteiger partial charge in [0.1, 0.15) is 0 Å². The van der Waals surface area contributed by atoms with Crippen LogP contribution in [0.3, 0.4) is 0 Å². The van der Waals surface area contributed by atoms with Crippen molar-refractivity contribution in [3.8, 4) is 0 Å². The summed E-state index contributed by atoms with van der Waals surface area (Å²) in [5, 5.41) is 11.4. The van der Waals surface area contributed by atoms with Gasteiger partial charge in [-0.2, -0.15) is 20.3 Å². The molecule has 19 heavy (non-hydrogen) atoms. The summed E-state index contributed by atoms with van der Waals surface area (Å²) >= 11 is 19.3. The number of hydrogen-bond donors (Lipinski definition) is 3. The van der Waals surface area contributed by atoms with Crippen molar-refractivity contribution in [2.45, 2.75) is 12.8 Å². The van der Waals surface area contributed by atoms with Crippen LogP contribution in [0.4, 0.5) is 0 Å². The molecule has 5 nitrogen and oxygen atoms in total. The van der Waals surface area contributed by atoms with Crippen LogP contribution in [0.15, 0.2) is 0 Å². The monoisotopic (exact) mass is 337 g/mol. The molecule has 2 fully saturated rings. The molecule has 108 valence electrons. The molecule has 2 rings (SSSR count). The van der Waals surface area contributed by atoms with Gasteiger partial charge in [0.2, 0.25) is 0 Å². The van der Waals surface area contributed by atoms with Crippen molar-refractivity contribution in [2.75, 3.05) is 39.3 Å². The van der Waals surface area contributed by atoms with Crippen molar-refractivity contribution in [3.63, 3.8) is 0 Å². The van der Waals surface area contributed by atoms with E-state index in [1.165, 1.54) is 12.8 Å². The number of thiocarbonyl (C=S) groups is 2. The molecule has 0 amide bonds. The van der Waals surface area contributed by atoms with Crippen molar-refractivity contribution in [1.82, 2.24) is 25.6 Å². The smallest absolute Gasteiger partial charge is 0.171 e. The molecule has 0 aliphatic carbocycles. The lowest BCUT2D eigenvalue weighted by molar-refractivity contribution is -0.174. The van der Waals surface area contributed by atoms with Crippen LogP contribution >= 0.6 is 49.7 Å². The van der Waals surface area contributed by atoms with Crippen molar-refractivity contribution >= 4 is 58.3 Å². The van der Waals surface area contributed by atoms with E-state index >= 15 is 0 Å². The number of nitrogens with one attached hydrogen (secondary N) is 1. The van der Waals surface area contributed by atoms with Gasteiger partial charge in [-0.15, -0.1) is 25.3 Å². The molecular formula is C10H19N5S4. The Hall–Kier alpha value is 0.360. The van der Waals surface area contributed by atoms with Crippen molar-refractivity contribution < 1.29 is 0 Å². The number of hydrazine groups is 3. The average molecular weight is 338 g/mol. The van der Waals surface area contributed by atoms with E-state index in [-0.39, 0.29) is 0 Å². The lowest BCUT2D eigenvalue weighted by atomic mass is 10.4. The third-order valence-corrected chi connectivity index (χ3v) is 3.92. The third-order valence-electron chi connectivity index (χ3n) is 3.23. The van der Waals surface area contributed by atoms with E-state index in [4.69, 9.17) is 24.4 Å². The predicted molar refractivity (Wildman–Crippen MR) is 92.1 cm³/mol. The topological polar surface area (TPSA) is 25.0 Å². The second kappa shape index (κ2) is 7.39. The quantitative estimate of drug-likeness (QED) is 0.389. The van der Waals surface area contributed by atoms with Crippen LogP contribution in [-0.4, -0.2) is 68.2 Å². The summed E-state index contributed by atoms with van der Waals surface area (Å²) < 4.78 is 0.988. The summed E-state index contributed by atoms with van der Waals surface area (Å²) in [4.78, 5) is 0. The summed E-state index contributed by atoms with van der Waals surface area (Å²) in [7, 11) is 0. The molecule has 9 heteroatoms. The number of thiol groups is 2. The van der Waals surface area contributed by atoms with E-state index in [0.29, 0.717) is 8.64 Å². The fraction of sp³-hybridized carbons (Fsp3) is 0.800. The molecule has 0 saturated carbocycles. The van der Waals surface area contributed by atoms with Gasteiger partial charge in [-0.1, -0.05) is 0 Å². The van der Waals surface area contributed by atoms with Crippen molar-refractivity contribution in [3.05, 3.63) is 0 Å². The second-order valence-corrected chi connectivity index (χ2v) is 6.73. The van der Waals surface area contributed by atoms with Gasteiger partial charge in [-0.25, -0.2) is 0 Å². The number of rotatable bonds is 2. The molecule has 0 radical (unpaired) electrons. The molecule has 2 saturated heterocycles. The van der Waals surface area contributed by atoms with Gasteiger partial charge in [-0.3, -0.25) is 0 Å². The number of piperazine rings is 1. The zero-order chi connectivity index (χ0) is 13.8. The second-order valence-electron chi connectivity index (χ2n) is 4.51. The van der Waals surface area contributed by atoms with Crippen molar-refractivity contribution in [2.24, 2.45) is 0 Å². The Morgan fingerprint density at radius 1 is 0.842 bits per heavy atom. The van der Waals surface area contributed by atoms with E-state index in [9.17, 15) is 0 Å². The lowest BCUT2D eigenvalue weighted by Crippen LogP contribution is -2.64. The minimum atomic E-state index is 0.491. The maximum atomic E-state index is 5.29. The molecule has 2 aliphatic heterocycles. The molecule has 0 aromatic rings. The van der Waals surface area contributed by atoms with Crippen molar-refractivity contribution in [1.29, 1.82) is 0 Å². The Labute approximate surface area is 136 Å². The Balaban J connectivity index is 2.17. The highest BCUT2D eigenvalue weighted by Crippen LogP contribution is 2.19. The molecule has 0 spiro atoms. The van der Waals surface area contributed by atoms with Gasteiger partial charge < -0.3 is 5.32 Å². The molecule has 0 aromatic heterocycles. The molecule has 0 aromatic carbocycles. The molecule has 0 atom stereocenters. The maximum Gasteiger partial charge on any atom is 0.171 e. The Morgan fingerprint density at radius 2 is 1.26 bits per heavy atom. The van der Waals surface area contributed by atoms with Crippen LogP contribution in [0.25, 0.3) is 0 Å². The van der Waals surface area contributed by atoms with E-state index in [1.807, 2.05) is 10.2 Å². The minimum absolute atomic E-state index is 0.491. The van der Waals surface area contributed by atoms with E-state index in [2.05, 4.69) is 40.6 Å². The zero-order valence-corrected chi connectivity index (χ0v) is 14.1. The van der Waals surface area contributed by atoms with Crippen LogP contribution in [0.1, 0.15) is 12.8 Å². The summed E-state index contributed by atoms with van der Waals surface area (Å²) in [6.07, 6.45) is 2.34. The van der Waals surface area contributed by atoms with Gasteiger partial charge in [-0.05, 0) is 37.3 Å². The van der Waals surface area contributed by atoms with Crippen LogP contribution in [0.2, 0.25) is 0 Å². The highest BCUT2D eigenvalue weighted by atomic mass is 32.1. The SMILES string of the molecule is S=C(S)N(N1CCCC1)N(C(=S)S)N1CCNCC1. The Bertz CT molecular complexity index is 341. The third kappa shape index (κ3) is 3.93. The molecule has 2 heterocycles. The van der Waals surface area contributed by atoms with Crippen LogP contribution in [0, 0.1) is 0 Å². The first-order valence-corrected chi connectivity index (χ1v) is 8.09. The maximum absolute atomic E-state index is 5.29. The fourth-order valence-electron chi connectivity index (χ4n) is 2.38. The Kier molecular flexibility index (Phi) is 6.12. The molecule has 0 bridgehead atoms. The summed E-state index contributed by atoms with van der Waals surface area (Å²) in [6.45, 7) is 5.56. The van der Waals surface area contributed by atoms with Gasteiger partial charge in [0.25, 0.3) is 0 Å². The zero-order valence-electron chi connectivity index (χ0n) is 10.7. The van der Waals surface area contributed by atoms with E-state index < -0.39 is 0 Å². The highest BCUT2D eigenvalue weighted by molar-refractivity contribution is 8.11. The fourth-order valence-corrected chi connectivity index (χ4v) is 3.18. The van der Waals surface area contributed by atoms with E-state index in [1.54, 1.807) is 0 Å². The summed E-state index contributed by atoms with van der Waals surface area (Å²) in [6, 6.07) is 0. The molecule has 0 unspecified atom stereocenters. The van der Waals surface area contributed by atoms with Gasteiger partial charge in [0, 0.05) is 39.3 Å². The number of hydrogen-bond acceptors (Lipinski definition) is 5. The summed E-state index contributed by atoms with van der Waals surface area (Å²) in [5.74, 6) is 0. The van der Waals surface area contributed by atoms with Crippen LogP contribution in [0.5, 0.6) is 0 Å². The van der Waals surface area contributed by atoms with Crippen LogP contribution < -0.4 is 5.32 Å². The molecule has 1 N–H and O–H groups in total. The van der Waals surface area contributed by atoms with E-state index in [0.717, 1.165) is 39.3 Å². The first kappa shape index (κ1) is 15.7. The van der Waals surface area contributed by atoms with Gasteiger partial charge >= 0.3 is 0 Å². The normalized spacial score (nSPS) is 21.4. The minimum Gasteiger partial charge on any atom is -0.314 e. The lowest BCUT2D eigenvalue weighted by Gasteiger charge is -2.47. The van der Waals surface area contributed by atoms with Crippen LogP contribution in [-0.2, 0) is 0 Å². The highest BCUT2D eigenvalue weighted by Gasteiger charge is 2.31. The standard InChI is InChI=1S/C10H19N5S4/c16-9(17)14(12-5-1-2-6-12)15(10(18)19)13-7-3-11-4-8-13/h11H,1-8H2,(H,16,17)(H,18,19). The first-order chi connectivity index (χ1) is 9.11. The molecule has 2 aliphatic rings. The largest absolute Gasteiger partial charge is 0.314 e. The summed E-state index contributed by atoms with van der Waals surface area (Å²) in [5.41, 5.74) is 0. The number of nitrogens with zero attached hydrogens (tertiary/aromatic N) is 4. The average Bonchev–Trinajstić information content (AvgIpc) is 2.89. The molecular weight excluding hydrogens is 318 g/mol. The predicted octanol–water partition coefficient (Wildman–Crippen LogP) is 0.766. The van der Waals surface area contributed by atoms with Gasteiger partial charge in [0.15, 0.2) is 8.64 Å².